The maximum absolute atomic E-state index is 13.7. The van der Waals surface area contributed by atoms with E-state index >= 15 is 0 Å². The minimum absolute atomic E-state index is 0.234. The number of halogens is 3. The van der Waals surface area contributed by atoms with Gasteiger partial charge in [0.25, 0.3) is 0 Å². The van der Waals surface area contributed by atoms with E-state index in [2.05, 4.69) is 31.7 Å². The second-order valence-electron chi connectivity index (χ2n) is 8.34. The average molecular weight is 594 g/mol. The van der Waals surface area contributed by atoms with Crippen LogP contribution in [0, 0.1) is 5.82 Å². The molecular formula is C28H19BrClFN4O3. The molecule has 190 valence electrons. The van der Waals surface area contributed by atoms with Crippen molar-refractivity contribution in [3.05, 3.63) is 128 Å². The average Bonchev–Trinajstić information content (AvgIpc) is 3.27. The number of nitrogens with one attached hydrogen (secondary N) is 2. The van der Waals surface area contributed by atoms with E-state index in [1.165, 1.54) is 22.8 Å². The molecule has 1 aromatic heterocycles. The molecule has 0 aliphatic heterocycles. The van der Waals surface area contributed by atoms with Gasteiger partial charge in [-0.25, -0.2) is 18.5 Å². The summed E-state index contributed by atoms with van der Waals surface area (Å²) < 4.78 is 20.1. The topological polar surface area (TPSA) is 89.2 Å². The zero-order chi connectivity index (χ0) is 26.6. The molecule has 0 unspecified atom stereocenters. The van der Waals surface area contributed by atoms with Crippen LogP contribution in [0.3, 0.4) is 0 Å². The van der Waals surface area contributed by atoms with Crippen LogP contribution >= 0.6 is 27.5 Å². The number of anilines is 2. The van der Waals surface area contributed by atoms with E-state index in [-0.39, 0.29) is 10.5 Å². The van der Waals surface area contributed by atoms with Crippen molar-refractivity contribution in [2.45, 2.75) is 6.42 Å². The van der Waals surface area contributed by atoms with E-state index in [0.717, 1.165) is 16.7 Å². The Labute approximate surface area is 230 Å². The predicted octanol–water partition coefficient (Wildman–Crippen LogP) is 7.28. The first-order chi connectivity index (χ1) is 18.4. The van der Waals surface area contributed by atoms with E-state index in [1.54, 1.807) is 30.3 Å². The number of benzene rings is 4. The summed E-state index contributed by atoms with van der Waals surface area (Å²) in [4.78, 5) is 24.7. The Balaban J connectivity index is 1.29. The van der Waals surface area contributed by atoms with Crippen LogP contribution in [0.1, 0.15) is 11.4 Å². The van der Waals surface area contributed by atoms with Gasteiger partial charge in [-0.15, -0.1) is 0 Å². The first kappa shape index (κ1) is 25.4. The lowest BCUT2D eigenvalue weighted by Crippen LogP contribution is -2.19. The first-order valence-electron chi connectivity index (χ1n) is 11.4. The molecule has 2 amide bonds. The minimum atomic E-state index is -0.653. The van der Waals surface area contributed by atoms with Gasteiger partial charge < -0.3 is 10.6 Å². The largest absolute Gasteiger partial charge is 0.446 e. The SMILES string of the molecule is O=C(Nc1ccc(Cl)cc1)Nc1cccc(-c2ccc(Cc3noc(=O)n3-c3ccc(F)c(Br)c3)cc2)c1. The third-order valence-electron chi connectivity index (χ3n) is 5.70. The summed E-state index contributed by atoms with van der Waals surface area (Å²) in [5.74, 6) is -0.699. The Kier molecular flexibility index (Phi) is 7.39. The molecule has 38 heavy (non-hydrogen) atoms. The minimum Gasteiger partial charge on any atom is -0.308 e. The van der Waals surface area contributed by atoms with Gasteiger partial charge in [-0.05, 0) is 87.2 Å². The molecule has 1 heterocycles. The van der Waals surface area contributed by atoms with Crippen LogP contribution in [0.2, 0.25) is 5.02 Å². The van der Waals surface area contributed by atoms with Crippen molar-refractivity contribution in [1.82, 2.24) is 9.72 Å². The molecule has 4 aromatic carbocycles. The number of carbonyl (C=O) groups is 1. The summed E-state index contributed by atoms with van der Waals surface area (Å²) in [6, 6.07) is 25.9. The van der Waals surface area contributed by atoms with Gasteiger partial charge in [0.15, 0.2) is 5.82 Å². The van der Waals surface area contributed by atoms with Gasteiger partial charge in [0.05, 0.1) is 10.2 Å². The number of nitrogens with zero attached hydrogens (tertiary/aromatic N) is 2. The van der Waals surface area contributed by atoms with Gasteiger partial charge in [0, 0.05) is 22.8 Å². The van der Waals surface area contributed by atoms with Gasteiger partial charge in [-0.1, -0.05) is 53.2 Å². The second kappa shape index (κ2) is 11.0. The van der Waals surface area contributed by atoms with Crippen molar-refractivity contribution in [3.8, 4) is 16.8 Å². The fourth-order valence-corrected chi connectivity index (χ4v) is 4.36. The van der Waals surface area contributed by atoms with Crippen LogP contribution in [0.15, 0.2) is 105 Å². The lowest BCUT2D eigenvalue weighted by molar-refractivity contribution is 0.262. The van der Waals surface area contributed by atoms with Crippen molar-refractivity contribution in [1.29, 1.82) is 0 Å². The quantitative estimate of drug-likeness (QED) is 0.217. The van der Waals surface area contributed by atoms with Crippen molar-refractivity contribution < 1.29 is 13.7 Å². The van der Waals surface area contributed by atoms with Crippen molar-refractivity contribution in [3.63, 3.8) is 0 Å². The maximum atomic E-state index is 13.7. The lowest BCUT2D eigenvalue weighted by Gasteiger charge is -2.10. The van der Waals surface area contributed by atoms with Gasteiger partial charge in [0.2, 0.25) is 0 Å². The molecular weight excluding hydrogens is 575 g/mol. The second-order valence-corrected chi connectivity index (χ2v) is 9.63. The Morgan fingerprint density at radius 2 is 1.66 bits per heavy atom. The number of hydrogen-bond donors (Lipinski definition) is 2. The fraction of sp³-hybridized carbons (Fsp3) is 0.0357. The summed E-state index contributed by atoms with van der Waals surface area (Å²) in [7, 11) is 0. The molecule has 0 bridgehead atoms. The van der Waals surface area contributed by atoms with Crippen LogP contribution in [0.5, 0.6) is 0 Å². The molecule has 7 nitrogen and oxygen atoms in total. The normalized spacial score (nSPS) is 10.8. The van der Waals surface area contributed by atoms with Gasteiger partial charge >= 0.3 is 11.8 Å². The smallest absolute Gasteiger partial charge is 0.308 e. The molecule has 0 spiro atoms. The standard InChI is InChI=1S/C28H19BrClFN4O3/c29-24-16-23(12-13-25(24)31)35-26(34-38-28(35)37)14-17-4-6-18(7-5-17)19-2-1-3-22(15-19)33-27(36)32-21-10-8-20(30)9-11-21/h1-13,15-16H,14H2,(H2,32,33,36). The number of hydrogen-bond acceptors (Lipinski definition) is 4. The fourth-order valence-electron chi connectivity index (χ4n) is 3.87. The molecule has 0 aliphatic carbocycles. The van der Waals surface area contributed by atoms with Crippen molar-refractivity contribution in [2.75, 3.05) is 10.6 Å². The highest BCUT2D eigenvalue weighted by Crippen LogP contribution is 2.25. The number of carbonyl (C=O) groups excluding carboxylic acids is 1. The van der Waals surface area contributed by atoms with Crippen LogP contribution in [0.25, 0.3) is 16.8 Å². The first-order valence-corrected chi connectivity index (χ1v) is 12.6. The molecule has 5 rings (SSSR count). The van der Waals surface area contributed by atoms with Gasteiger partial charge in [-0.3, -0.25) is 4.52 Å². The van der Waals surface area contributed by atoms with E-state index in [4.69, 9.17) is 16.1 Å². The Morgan fingerprint density at radius 3 is 2.39 bits per heavy atom. The number of rotatable bonds is 6. The van der Waals surface area contributed by atoms with Crippen molar-refractivity contribution >= 4 is 44.9 Å². The molecule has 10 heteroatoms. The molecule has 2 N–H and O–H groups in total. The molecule has 0 saturated heterocycles. The van der Waals surface area contributed by atoms with E-state index in [9.17, 15) is 14.0 Å². The highest BCUT2D eigenvalue weighted by Gasteiger charge is 2.15. The van der Waals surface area contributed by atoms with Crippen LogP contribution in [0.4, 0.5) is 20.6 Å². The summed E-state index contributed by atoms with van der Waals surface area (Å²) >= 11 is 9.03. The van der Waals surface area contributed by atoms with E-state index < -0.39 is 11.6 Å². The van der Waals surface area contributed by atoms with Gasteiger partial charge in [0.1, 0.15) is 5.82 Å². The number of aromatic nitrogens is 2. The molecule has 0 saturated carbocycles. The van der Waals surface area contributed by atoms with Crippen molar-refractivity contribution in [2.24, 2.45) is 0 Å². The van der Waals surface area contributed by atoms with E-state index in [1.807, 2.05) is 42.5 Å². The maximum Gasteiger partial charge on any atom is 0.446 e. The van der Waals surface area contributed by atoms with Gasteiger partial charge in [-0.2, -0.15) is 0 Å². The predicted molar refractivity (Wildman–Crippen MR) is 149 cm³/mol. The number of amides is 2. The monoisotopic (exact) mass is 592 g/mol. The van der Waals surface area contributed by atoms with Crippen LogP contribution in [-0.2, 0) is 6.42 Å². The Bertz CT molecular complexity index is 1670. The highest BCUT2D eigenvalue weighted by atomic mass is 79.9. The third kappa shape index (κ3) is 5.85. The van der Waals surface area contributed by atoms with Crippen LogP contribution in [-0.4, -0.2) is 15.8 Å². The lowest BCUT2D eigenvalue weighted by atomic mass is 10.0. The van der Waals surface area contributed by atoms with E-state index in [0.29, 0.717) is 34.3 Å². The van der Waals surface area contributed by atoms with Crippen LogP contribution < -0.4 is 16.4 Å². The summed E-state index contributed by atoms with van der Waals surface area (Å²) in [6.07, 6.45) is 0.327. The number of urea groups is 1. The summed E-state index contributed by atoms with van der Waals surface area (Å²) in [5, 5.41) is 10.1. The zero-order valence-corrected chi connectivity index (χ0v) is 22.0. The molecule has 0 aliphatic rings. The molecule has 0 atom stereocenters. The molecule has 0 radical (unpaired) electrons. The Morgan fingerprint density at radius 1 is 0.921 bits per heavy atom. The molecule has 5 aromatic rings. The molecule has 0 fully saturated rings. The summed E-state index contributed by atoms with van der Waals surface area (Å²) in [5.41, 5.74) is 4.46. The summed E-state index contributed by atoms with van der Waals surface area (Å²) in [6.45, 7) is 0. The Hall–Kier alpha value is -4.21. The highest BCUT2D eigenvalue weighted by molar-refractivity contribution is 9.10. The zero-order valence-electron chi connectivity index (χ0n) is 19.6. The third-order valence-corrected chi connectivity index (χ3v) is 6.56.